The first kappa shape index (κ1) is 20.1. The van der Waals surface area contributed by atoms with Gasteiger partial charge in [0.05, 0.1) is 17.3 Å². The molecule has 5 nitrogen and oxygen atoms in total. The van der Waals surface area contributed by atoms with E-state index in [1.165, 1.54) is 18.2 Å². The van der Waals surface area contributed by atoms with Gasteiger partial charge in [-0.25, -0.2) is 4.39 Å². The van der Waals surface area contributed by atoms with Crippen LogP contribution in [0.15, 0.2) is 78.9 Å². The number of rotatable bonds is 7. The largest absolute Gasteiger partial charge is 0.484 e. The van der Waals surface area contributed by atoms with Crippen LogP contribution in [0.2, 0.25) is 0 Å². The van der Waals surface area contributed by atoms with E-state index in [1.807, 2.05) is 37.3 Å². The van der Waals surface area contributed by atoms with Gasteiger partial charge in [-0.15, -0.1) is 0 Å². The molecule has 2 amide bonds. The van der Waals surface area contributed by atoms with Crippen molar-refractivity contribution in [2.75, 3.05) is 11.9 Å². The first-order valence-electron chi connectivity index (χ1n) is 9.16. The van der Waals surface area contributed by atoms with Gasteiger partial charge in [0.2, 0.25) is 0 Å². The second kappa shape index (κ2) is 9.50. The van der Waals surface area contributed by atoms with Crippen molar-refractivity contribution in [3.05, 3.63) is 95.8 Å². The number of halogens is 1. The van der Waals surface area contributed by atoms with Crippen molar-refractivity contribution in [2.24, 2.45) is 0 Å². The molecular weight excluding hydrogens is 371 g/mol. The van der Waals surface area contributed by atoms with Crippen molar-refractivity contribution in [1.82, 2.24) is 5.32 Å². The van der Waals surface area contributed by atoms with Crippen LogP contribution in [-0.4, -0.2) is 18.4 Å². The zero-order chi connectivity index (χ0) is 20.6. The van der Waals surface area contributed by atoms with Crippen LogP contribution < -0.4 is 15.4 Å². The predicted octanol–water partition coefficient (Wildman–Crippen LogP) is 4.33. The average Bonchev–Trinajstić information content (AvgIpc) is 2.73. The molecule has 0 aliphatic rings. The molecule has 0 aromatic heterocycles. The highest BCUT2D eigenvalue weighted by Gasteiger charge is 2.16. The topological polar surface area (TPSA) is 67.4 Å². The first-order chi connectivity index (χ1) is 14.0. The molecule has 148 valence electrons. The Bertz CT molecular complexity index is 992. The van der Waals surface area contributed by atoms with Crippen LogP contribution in [0.3, 0.4) is 0 Å². The van der Waals surface area contributed by atoms with Crippen LogP contribution in [0, 0.1) is 5.82 Å². The van der Waals surface area contributed by atoms with E-state index in [2.05, 4.69) is 10.6 Å². The number of nitrogens with one attached hydrogen (secondary N) is 2. The van der Waals surface area contributed by atoms with Gasteiger partial charge in [-0.2, -0.15) is 0 Å². The lowest BCUT2D eigenvalue weighted by atomic mass is 10.1. The highest BCUT2D eigenvalue weighted by Crippen LogP contribution is 2.18. The summed E-state index contributed by atoms with van der Waals surface area (Å²) < 4.78 is 18.5. The van der Waals surface area contributed by atoms with Crippen molar-refractivity contribution in [3.8, 4) is 5.75 Å². The predicted molar refractivity (Wildman–Crippen MR) is 109 cm³/mol. The summed E-state index contributed by atoms with van der Waals surface area (Å²) in [5.74, 6) is -0.950. The van der Waals surface area contributed by atoms with Crippen LogP contribution >= 0.6 is 0 Å². The van der Waals surface area contributed by atoms with E-state index < -0.39 is 11.7 Å². The Balaban J connectivity index is 1.63. The Morgan fingerprint density at radius 2 is 1.69 bits per heavy atom. The molecule has 0 aliphatic heterocycles. The molecule has 0 bridgehead atoms. The van der Waals surface area contributed by atoms with Gasteiger partial charge in [-0.3, -0.25) is 9.59 Å². The van der Waals surface area contributed by atoms with Crippen molar-refractivity contribution in [1.29, 1.82) is 0 Å². The smallest absolute Gasteiger partial charge is 0.262 e. The molecule has 0 radical (unpaired) electrons. The Hall–Kier alpha value is -3.67. The van der Waals surface area contributed by atoms with E-state index in [0.29, 0.717) is 11.3 Å². The van der Waals surface area contributed by atoms with E-state index in [-0.39, 0.29) is 24.3 Å². The molecule has 0 heterocycles. The molecule has 6 heteroatoms. The summed E-state index contributed by atoms with van der Waals surface area (Å²) in [5, 5.41) is 5.60. The number of anilines is 1. The summed E-state index contributed by atoms with van der Waals surface area (Å²) in [6, 6.07) is 21.7. The maximum Gasteiger partial charge on any atom is 0.262 e. The molecule has 0 saturated heterocycles. The average molecular weight is 392 g/mol. The normalized spacial score (nSPS) is 11.4. The summed E-state index contributed by atoms with van der Waals surface area (Å²) in [6.07, 6.45) is 0. The number of amides is 2. The van der Waals surface area contributed by atoms with E-state index >= 15 is 0 Å². The van der Waals surface area contributed by atoms with Gasteiger partial charge >= 0.3 is 0 Å². The highest BCUT2D eigenvalue weighted by molar-refractivity contribution is 6.04. The monoisotopic (exact) mass is 392 g/mol. The lowest BCUT2D eigenvalue weighted by Gasteiger charge is -2.16. The zero-order valence-electron chi connectivity index (χ0n) is 15.9. The first-order valence-corrected chi connectivity index (χ1v) is 9.16. The van der Waals surface area contributed by atoms with Crippen LogP contribution in [0.1, 0.15) is 28.9 Å². The molecule has 1 atom stereocenters. The van der Waals surface area contributed by atoms with Crippen LogP contribution in [-0.2, 0) is 4.79 Å². The summed E-state index contributed by atoms with van der Waals surface area (Å²) in [4.78, 5) is 24.9. The minimum atomic E-state index is -0.453. The molecule has 3 aromatic rings. The maximum absolute atomic E-state index is 13.2. The standard InChI is InChI=1S/C23H21FN2O3/c1-16(17-8-3-2-4-9-17)25-23(28)20-12-5-6-13-21(20)26-22(27)15-29-19-11-7-10-18(24)14-19/h2-14,16H,15H2,1H3,(H,25,28)(H,26,27). The minimum absolute atomic E-state index is 0.191. The van der Waals surface area contributed by atoms with Gasteiger partial charge in [-0.05, 0) is 36.8 Å². The molecule has 3 rings (SSSR count). The van der Waals surface area contributed by atoms with Crippen molar-refractivity contribution in [2.45, 2.75) is 13.0 Å². The number of carbonyl (C=O) groups excluding carboxylic acids is 2. The van der Waals surface area contributed by atoms with Gasteiger partial charge < -0.3 is 15.4 Å². The Morgan fingerprint density at radius 1 is 0.966 bits per heavy atom. The fourth-order valence-electron chi connectivity index (χ4n) is 2.78. The third-order valence-corrected chi connectivity index (χ3v) is 4.26. The lowest BCUT2D eigenvalue weighted by molar-refractivity contribution is -0.118. The summed E-state index contributed by atoms with van der Waals surface area (Å²) in [5.41, 5.74) is 1.69. The molecular formula is C23H21FN2O3. The van der Waals surface area contributed by atoms with E-state index in [4.69, 9.17) is 4.74 Å². The summed E-state index contributed by atoms with van der Waals surface area (Å²) in [6.45, 7) is 1.58. The molecule has 0 fully saturated rings. The van der Waals surface area contributed by atoms with E-state index in [9.17, 15) is 14.0 Å². The van der Waals surface area contributed by atoms with E-state index in [1.54, 1.807) is 30.3 Å². The third kappa shape index (κ3) is 5.65. The molecule has 0 spiro atoms. The van der Waals surface area contributed by atoms with Crippen LogP contribution in [0.5, 0.6) is 5.75 Å². The number of carbonyl (C=O) groups is 2. The van der Waals surface area contributed by atoms with Gasteiger partial charge in [0.15, 0.2) is 6.61 Å². The van der Waals surface area contributed by atoms with Gasteiger partial charge in [0.25, 0.3) is 11.8 Å². The van der Waals surface area contributed by atoms with Crippen LogP contribution in [0.25, 0.3) is 0 Å². The highest BCUT2D eigenvalue weighted by atomic mass is 19.1. The van der Waals surface area contributed by atoms with Crippen molar-refractivity contribution >= 4 is 17.5 Å². The maximum atomic E-state index is 13.2. The van der Waals surface area contributed by atoms with E-state index in [0.717, 1.165) is 5.56 Å². The fourth-order valence-corrected chi connectivity index (χ4v) is 2.78. The lowest BCUT2D eigenvalue weighted by Crippen LogP contribution is -2.28. The third-order valence-electron chi connectivity index (χ3n) is 4.26. The van der Waals surface area contributed by atoms with Crippen molar-refractivity contribution in [3.63, 3.8) is 0 Å². The number of ether oxygens (including phenoxy) is 1. The zero-order valence-corrected chi connectivity index (χ0v) is 15.9. The molecule has 29 heavy (non-hydrogen) atoms. The van der Waals surface area contributed by atoms with Crippen LogP contribution in [0.4, 0.5) is 10.1 Å². The Morgan fingerprint density at radius 3 is 2.45 bits per heavy atom. The second-order valence-corrected chi connectivity index (χ2v) is 6.45. The Labute approximate surface area is 168 Å². The second-order valence-electron chi connectivity index (χ2n) is 6.45. The van der Waals surface area contributed by atoms with Gasteiger partial charge in [0.1, 0.15) is 11.6 Å². The quantitative estimate of drug-likeness (QED) is 0.629. The SMILES string of the molecule is CC(NC(=O)c1ccccc1NC(=O)COc1cccc(F)c1)c1ccccc1. The fraction of sp³-hybridized carbons (Fsp3) is 0.130. The number of para-hydroxylation sites is 1. The molecule has 0 saturated carbocycles. The van der Waals surface area contributed by atoms with Crippen molar-refractivity contribution < 1.29 is 18.7 Å². The van der Waals surface area contributed by atoms with Gasteiger partial charge in [-0.1, -0.05) is 48.5 Å². The molecule has 1 unspecified atom stereocenters. The number of benzene rings is 3. The summed E-state index contributed by atoms with van der Waals surface area (Å²) in [7, 11) is 0. The number of hydrogen-bond acceptors (Lipinski definition) is 3. The van der Waals surface area contributed by atoms with Gasteiger partial charge in [0, 0.05) is 6.07 Å². The molecule has 0 aliphatic carbocycles. The minimum Gasteiger partial charge on any atom is -0.484 e. The number of hydrogen-bond donors (Lipinski definition) is 2. The summed E-state index contributed by atoms with van der Waals surface area (Å²) >= 11 is 0. The Kier molecular flexibility index (Phi) is 6.58. The molecule has 3 aromatic carbocycles. The molecule has 2 N–H and O–H groups in total.